The molecular weight excluding hydrogens is 827 g/mol. The van der Waals surface area contributed by atoms with E-state index in [1.165, 1.54) is 276 Å². The lowest BCUT2D eigenvalue weighted by Gasteiger charge is -2.20. The Hall–Kier alpha value is -1.40. The van der Waals surface area contributed by atoms with Crippen LogP contribution < -0.4 is 5.32 Å². The lowest BCUT2D eigenvalue weighted by Crippen LogP contribution is -2.45. The maximum Gasteiger partial charge on any atom is 0.305 e. The average Bonchev–Trinajstić information content (AvgIpc) is 3.33. The Morgan fingerprint density at radius 2 is 0.687 bits per heavy atom. The monoisotopic (exact) mass is 946 g/mol. The quantitative estimate of drug-likeness (QED) is 0.0321. The van der Waals surface area contributed by atoms with Gasteiger partial charge in [-0.3, -0.25) is 9.59 Å². The van der Waals surface area contributed by atoms with Gasteiger partial charge in [-0.1, -0.05) is 309 Å². The predicted molar refractivity (Wildman–Crippen MR) is 292 cm³/mol. The standard InChI is InChI=1S/C61H119NO5/c1-3-5-7-9-11-13-15-17-30-33-37-41-45-49-53-59(64)58(57-63)62-60(65)54-50-46-42-38-34-31-28-26-24-22-20-18-19-21-23-25-27-29-32-36-40-44-48-52-56-67-61(66)55-51-47-43-39-35-16-14-12-10-8-6-4-2/h49,53,58-59,63-64H,3-48,50-52,54-57H2,1-2H3,(H,62,65)/b53-49+. The smallest absolute Gasteiger partial charge is 0.305 e. The molecule has 0 aliphatic rings. The lowest BCUT2D eigenvalue weighted by atomic mass is 10.0. The number of aliphatic hydroxyl groups is 2. The Morgan fingerprint density at radius 1 is 0.403 bits per heavy atom. The van der Waals surface area contributed by atoms with Crippen LogP contribution in [-0.2, 0) is 14.3 Å². The Kier molecular flexibility index (Phi) is 56.0. The summed E-state index contributed by atoms with van der Waals surface area (Å²) >= 11 is 0. The van der Waals surface area contributed by atoms with E-state index >= 15 is 0 Å². The molecule has 0 aromatic carbocycles. The van der Waals surface area contributed by atoms with Crippen molar-refractivity contribution in [1.82, 2.24) is 5.32 Å². The maximum atomic E-state index is 12.5. The molecule has 398 valence electrons. The van der Waals surface area contributed by atoms with Crippen molar-refractivity contribution in [3.05, 3.63) is 12.2 Å². The van der Waals surface area contributed by atoms with Gasteiger partial charge in [0.1, 0.15) is 0 Å². The largest absolute Gasteiger partial charge is 0.466 e. The SMILES string of the molecule is CCCCCCCCCCCCCC/C=C/C(O)C(CO)NC(=O)CCCCCCCCCCCCCCCCCCCCCCCCCCOC(=O)CCCCCCCCCCCCCC. The molecule has 0 rings (SSSR count). The van der Waals surface area contributed by atoms with Gasteiger partial charge in [0.25, 0.3) is 0 Å². The van der Waals surface area contributed by atoms with Gasteiger partial charge in [-0.05, 0) is 32.1 Å². The molecule has 0 heterocycles. The van der Waals surface area contributed by atoms with Gasteiger partial charge in [-0.25, -0.2) is 0 Å². The fourth-order valence-corrected chi connectivity index (χ4v) is 9.64. The predicted octanol–water partition coefficient (Wildman–Crippen LogP) is 18.9. The van der Waals surface area contributed by atoms with Crippen LogP contribution in [0.1, 0.15) is 341 Å². The molecule has 0 fully saturated rings. The molecule has 3 N–H and O–H groups in total. The van der Waals surface area contributed by atoms with Gasteiger partial charge in [0.05, 0.1) is 25.4 Å². The van der Waals surface area contributed by atoms with Crippen molar-refractivity contribution in [2.24, 2.45) is 0 Å². The first kappa shape index (κ1) is 65.6. The summed E-state index contributed by atoms with van der Waals surface area (Å²) in [6.45, 7) is 4.92. The van der Waals surface area contributed by atoms with Crippen LogP contribution in [0.2, 0.25) is 0 Å². The highest BCUT2D eigenvalue weighted by molar-refractivity contribution is 5.76. The zero-order valence-electron chi connectivity index (χ0n) is 45.4. The second-order valence-electron chi connectivity index (χ2n) is 21.0. The summed E-state index contributed by atoms with van der Waals surface area (Å²) in [5, 5.41) is 23.1. The van der Waals surface area contributed by atoms with E-state index in [2.05, 4.69) is 19.2 Å². The average molecular weight is 947 g/mol. The fraction of sp³-hybridized carbons (Fsp3) is 0.934. The van der Waals surface area contributed by atoms with Gasteiger partial charge >= 0.3 is 5.97 Å². The summed E-state index contributed by atoms with van der Waals surface area (Å²) in [6, 6.07) is -0.625. The van der Waals surface area contributed by atoms with E-state index in [1.807, 2.05) is 6.08 Å². The molecule has 6 heteroatoms. The molecule has 0 radical (unpaired) electrons. The summed E-state index contributed by atoms with van der Waals surface area (Å²) in [6.07, 6.45) is 68.2. The molecule has 0 bridgehead atoms. The van der Waals surface area contributed by atoms with E-state index in [0.29, 0.717) is 19.4 Å². The van der Waals surface area contributed by atoms with Crippen LogP contribution in [0.25, 0.3) is 0 Å². The third-order valence-electron chi connectivity index (χ3n) is 14.3. The first-order valence-electron chi connectivity index (χ1n) is 30.5. The van der Waals surface area contributed by atoms with Gasteiger partial charge < -0.3 is 20.3 Å². The number of esters is 1. The first-order chi connectivity index (χ1) is 33.0. The van der Waals surface area contributed by atoms with Crippen molar-refractivity contribution in [3.8, 4) is 0 Å². The molecule has 0 saturated heterocycles. The second-order valence-corrected chi connectivity index (χ2v) is 21.0. The van der Waals surface area contributed by atoms with E-state index < -0.39 is 12.1 Å². The molecule has 67 heavy (non-hydrogen) atoms. The normalized spacial score (nSPS) is 12.6. The molecule has 2 unspecified atom stereocenters. The highest BCUT2D eigenvalue weighted by atomic mass is 16.5. The Labute approximate surface area is 419 Å². The number of ether oxygens (including phenoxy) is 1. The molecule has 2 atom stereocenters. The molecular formula is C61H119NO5. The Bertz CT molecular complexity index is 1000. The first-order valence-corrected chi connectivity index (χ1v) is 30.5. The minimum atomic E-state index is -0.842. The Balaban J connectivity index is 3.37. The molecule has 0 aliphatic carbocycles. The zero-order valence-corrected chi connectivity index (χ0v) is 45.4. The van der Waals surface area contributed by atoms with Crippen LogP contribution in [0.5, 0.6) is 0 Å². The van der Waals surface area contributed by atoms with Crippen LogP contribution in [0.4, 0.5) is 0 Å². The molecule has 1 amide bonds. The second kappa shape index (κ2) is 57.2. The molecule has 0 aliphatic heterocycles. The van der Waals surface area contributed by atoms with Gasteiger partial charge in [-0.15, -0.1) is 0 Å². The van der Waals surface area contributed by atoms with Crippen LogP contribution in [0.3, 0.4) is 0 Å². The number of rotatable bonds is 57. The van der Waals surface area contributed by atoms with Gasteiger partial charge in [0.2, 0.25) is 5.91 Å². The number of carbonyl (C=O) groups excluding carboxylic acids is 2. The number of aliphatic hydroxyl groups excluding tert-OH is 2. The minimum absolute atomic E-state index is 0.0161. The van der Waals surface area contributed by atoms with E-state index in [1.54, 1.807) is 6.08 Å². The number of unbranched alkanes of at least 4 members (excludes halogenated alkanes) is 46. The lowest BCUT2D eigenvalue weighted by molar-refractivity contribution is -0.143. The number of hydrogen-bond donors (Lipinski definition) is 3. The van der Waals surface area contributed by atoms with Gasteiger partial charge in [-0.2, -0.15) is 0 Å². The number of allylic oxidation sites excluding steroid dienone is 1. The topological polar surface area (TPSA) is 95.9 Å². The number of hydrogen-bond acceptors (Lipinski definition) is 5. The number of nitrogens with one attached hydrogen (secondary N) is 1. The molecule has 0 saturated carbocycles. The van der Waals surface area contributed by atoms with Crippen LogP contribution in [0.15, 0.2) is 12.2 Å². The van der Waals surface area contributed by atoms with Crippen LogP contribution >= 0.6 is 0 Å². The molecule has 0 aromatic rings. The van der Waals surface area contributed by atoms with Crippen molar-refractivity contribution in [3.63, 3.8) is 0 Å². The molecule has 0 aromatic heterocycles. The van der Waals surface area contributed by atoms with Crippen molar-refractivity contribution in [1.29, 1.82) is 0 Å². The van der Waals surface area contributed by atoms with E-state index in [9.17, 15) is 19.8 Å². The highest BCUT2D eigenvalue weighted by Gasteiger charge is 2.18. The summed E-state index contributed by atoms with van der Waals surface area (Å²) in [5.41, 5.74) is 0. The fourth-order valence-electron chi connectivity index (χ4n) is 9.64. The van der Waals surface area contributed by atoms with Crippen molar-refractivity contribution in [2.45, 2.75) is 353 Å². The summed E-state index contributed by atoms with van der Waals surface area (Å²) in [4.78, 5) is 24.5. The summed E-state index contributed by atoms with van der Waals surface area (Å²) in [5.74, 6) is -0.0489. The maximum absolute atomic E-state index is 12.5. The van der Waals surface area contributed by atoms with E-state index in [4.69, 9.17) is 4.74 Å². The van der Waals surface area contributed by atoms with Crippen molar-refractivity contribution >= 4 is 11.9 Å². The highest BCUT2D eigenvalue weighted by Crippen LogP contribution is 2.18. The molecule has 0 spiro atoms. The van der Waals surface area contributed by atoms with Crippen molar-refractivity contribution in [2.75, 3.05) is 13.2 Å². The van der Waals surface area contributed by atoms with E-state index in [-0.39, 0.29) is 18.5 Å². The third kappa shape index (κ3) is 53.8. The Morgan fingerprint density at radius 3 is 1.01 bits per heavy atom. The van der Waals surface area contributed by atoms with Gasteiger partial charge in [0.15, 0.2) is 0 Å². The van der Waals surface area contributed by atoms with Crippen LogP contribution in [-0.4, -0.2) is 47.4 Å². The van der Waals surface area contributed by atoms with Gasteiger partial charge in [0, 0.05) is 12.8 Å². The number of amides is 1. The zero-order chi connectivity index (χ0) is 48.6. The number of carbonyl (C=O) groups is 2. The van der Waals surface area contributed by atoms with E-state index in [0.717, 1.165) is 38.5 Å². The summed E-state index contributed by atoms with van der Waals surface area (Å²) in [7, 11) is 0. The molecule has 6 nitrogen and oxygen atoms in total. The van der Waals surface area contributed by atoms with Crippen LogP contribution in [0, 0.1) is 0 Å². The van der Waals surface area contributed by atoms with Crippen molar-refractivity contribution < 1.29 is 24.5 Å². The summed E-state index contributed by atoms with van der Waals surface area (Å²) < 4.78 is 5.47. The minimum Gasteiger partial charge on any atom is -0.466 e. The third-order valence-corrected chi connectivity index (χ3v) is 14.3.